The van der Waals surface area contributed by atoms with Gasteiger partial charge in [-0.2, -0.15) is 15.5 Å². The van der Waals surface area contributed by atoms with E-state index in [1.165, 1.54) is 0 Å². The number of amides is 1. The van der Waals surface area contributed by atoms with Gasteiger partial charge in [0.1, 0.15) is 29.7 Å². The maximum absolute atomic E-state index is 14.0. The molecule has 1 aromatic carbocycles. The van der Waals surface area contributed by atoms with Crippen LogP contribution < -0.4 is 4.74 Å². The molecule has 2 aliphatic rings. The summed E-state index contributed by atoms with van der Waals surface area (Å²) in [5, 5.41) is 18.4. The molecule has 0 spiro atoms. The Labute approximate surface area is 233 Å². The van der Waals surface area contributed by atoms with E-state index in [4.69, 9.17) is 10.00 Å². The summed E-state index contributed by atoms with van der Waals surface area (Å²) < 4.78 is 21.7. The Morgan fingerprint density at radius 1 is 1.12 bits per heavy atom. The summed E-state index contributed by atoms with van der Waals surface area (Å²) in [5.74, 6) is 1.27. The van der Waals surface area contributed by atoms with Gasteiger partial charge >= 0.3 is 0 Å². The third-order valence-corrected chi connectivity index (χ3v) is 8.02. The minimum atomic E-state index is -0.689. The SMILES string of the molecule is Cn1cnc2c(-c3ccc(OCCC4CCN(CC(=O)N5CCC(C#N)CC5)CC4)c(CF)c3)nc(C#N)nc21. The summed E-state index contributed by atoms with van der Waals surface area (Å²) in [4.78, 5) is 29.7. The molecular formula is C29H33FN8O2. The first-order valence-corrected chi connectivity index (χ1v) is 13.8. The summed E-state index contributed by atoms with van der Waals surface area (Å²) in [6.45, 7) is 3.36. The number of nitriles is 2. The van der Waals surface area contributed by atoms with E-state index < -0.39 is 6.67 Å². The van der Waals surface area contributed by atoms with E-state index in [0.717, 1.165) is 45.2 Å². The molecule has 208 valence electrons. The van der Waals surface area contributed by atoms with Crippen LogP contribution in [0.1, 0.15) is 43.5 Å². The molecule has 11 heteroatoms. The Hall–Kier alpha value is -4.09. The highest BCUT2D eigenvalue weighted by atomic mass is 19.1. The molecule has 4 heterocycles. The highest BCUT2D eigenvalue weighted by molar-refractivity contribution is 5.88. The number of hydrogen-bond donors (Lipinski definition) is 0. The van der Waals surface area contributed by atoms with E-state index in [1.54, 1.807) is 30.1 Å². The molecule has 0 radical (unpaired) electrons. The molecular weight excluding hydrogens is 511 g/mol. The fraction of sp³-hybridized carbons (Fsp3) is 0.517. The van der Waals surface area contributed by atoms with Crippen LogP contribution in [0.15, 0.2) is 24.5 Å². The van der Waals surface area contributed by atoms with Crippen LogP contribution in [-0.2, 0) is 18.5 Å². The first kappa shape index (κ1) is 27.5. The van der Waals surface area contributed by atoms with Gasteiger partial charge in [-0.05, 0) is 69.3 Å². The van der Waals surface area contributed by atoms with Crippen molar-refractivity contribution in [1.29, 1.82) is 10.5 Å². The molecule has 2 aliphatic heterocycles. The minimum absolute atomic E-state index is 0.0314. The van der Waals surface area contributed by atoms with Gasteiger partial charge in [0.2, 0.25) is 11.7 Å². The molecule has 5 rings (SSSR count). The lowest BCUT2D eigenvalue weighted by Crippen LogP contribution is -2.46. The molecule has 1 amide bonds. The van der Waals surface area contributed by atoms with Crippen LogP contribution >= 0.6 is 0 Å². The number of aromatic nitrogens is 4. The van der Waals surface area contributed by atoms with E-state index in [-0.39, 0.29) is 17.6 Å². The van der Waals surface area contributed by atoms with Gasteiger partial charge in [-0.1, -0.05) is 0 Å². The fourth-order valence-corrected chi connectivity index (χ4v) is 5.55. The summed E-state index contributed by atoms with van der Waals surface area (Å²) in [6, 6.07) is 9.55. The molecule has 2 aromatic heterocycles. The maximum Gasteiger partial charge on any atom is 0.236 e. The van der Waals surface area contributed by atoms with E-state index in [1.807, 2.05) is 17.0 Å². The number of halogens is 1. The molecule has 3 aromatic rings. The molecule has 0 atom stereocenters. The molecule has 40 heavy (non-hydrogen) atoms. The normalized spacial score (nSPS) is 17.1. The van der Waals surface area contributed by atoms with Crippen LogP contribution in [0, 0.1) is 34.5 Å². The zero-order valence-corrected chi connectivity index (χ0v) is 22.7. The second-order valence-corrected chi connectivity index (χ2v) is 10.6. The zero-order valence-electron chi connectivity index (χ0n) is 22.7. The summed E-state index contributed by atoms with van der Waals surface area (Å²) in [6.07, 6.45) is 6.01. The van der Waals surface area contributed by atoms with Crippen molar-refractivity contribution in [2.24, 2.45) is 18.9 Å². The summed E-state index contributed by atoms with van der Waals surface area (Å²) in [5.41, 5.74) is 2.65. The van der Waals surface area contributed by atoms with Crippen molar-refractivity contribution in [3.8, 4) is 29.1 Å². The predicted molar refractivity (Wildman–Crippen MR) is 145 cm³/mol. The first-order chi connectivity index (χ1) is 19.5. The molecule has 0 N–H and O–H groups in total. The van der Waals surface area contributed by atoms with Crippen molar-refractivity contribution >= 4 is 17.1 Å². The smallest absolute Gasteiger partial charge is 0.236 e. The first-order valence-electron chi connectivity index (χ1n) is 13.8. The lowest BCUT2D eigenvalue weighted by Gasteiger charge is -2.34. The van der Waals surface area contributed by atoms with Crippen LogP contribution in [0.4, 0.5) is 4.39 Å². The monoisotopic (exact) mass is 544 g/mol. The molecule has 2 saturated heterocycles. The van der Waals surface area contributed by atoms with Gasteiger partial charge < -0.3 is 14.2 Å². The largest absolute Gasteiger partial charge is 0.493 e. The van der Waals surface area contributed by atoms with Crippen molar-refractivity contribution in [3.05, 3.63) is 35.9 Å². The maximum atomic E-state index is 14.0. The standard InChI is InChI=1S/C29H33FN8O2/c1-36-19-33-28-27(34-25(17-32)35-29(28)36)22-2-3-24(23(14-22)15-30)40-13-8-20-4-9-37(10-5-20)18-26(39)38-11-6-21(16-31)7-12-38/h2-3,14,19-21H,4-13,15,18H2,1H3. The number of aryl methyl sites for hydroxylation is 1. The Morgan fingerprint density at radius 3 is 2.60 bits per heavy atom. The number of nitrogens with zero attached hydrogens (tertiary/aromatic N) is 8. The average molecular weight is 545 g/mol. The molecule has 0 aliphatic carbocycles. The Morgan fingerprint density at radius 2 is 1.90 bits per heavy atom. The number of ether oxygens (including phenoxy) is 1. The number of alkyl halides is 1. The Bertz CT molecular complexity index is 1440. The molecule has 0 saturated carbocycles. The van der Waals surface area contributed by atoms with Crippen LogP contribution in [-0.4, -0.2) is 74.6 Å². The predicted octanol–water partition coefficient (Wildman–Crippen LogP) is 3.61. The number of carbonyl (C=O) groups excluding carboxylic acids is 1. The van der Waals surface area contributed by atoms with Gasteiger partial charge in [-0.25, -0.2) is 14.4 Å². The summed E-state index contributed by atoms with van der Waals surface area (Å²) in [7, 11) is 1.79. The molecule has 2 fully saturated rings. The van der Waals surface area contributed by atoms with Gasteiger partial charge in [0, 0.05) is 37.2 Å². The van der Waals surface area contributed by atoms with Gasteiger partial charge in [-0.15, -0.1) is 0 Å². The zero-order chi connectivity index (χ0) is 28.1. The number of hydrogen-bond acceptors (Lipinski definition) is 8. The molecule has 10 nitrogen and oxygen atoms in total. The number of rotatable bonds is 8. The van der Waals surface area contributed by atoms with Crippen LogP contribution in [0.25, 0.3) is 22.4 Å². The number of piperidine rings is 2. The lowest BCUT2D eigenvalue weighted by molar-refractivity contribution is -0.134. The highest BCUT2D eigenvalue weighted by Gasteiger charge is 2.26. The minimum Gasteiger partial charge on any atom is -0.493 e. The van der Waals surface area contributed by atoms with E-state index >= 15 is 0 Å². The van der Waals surface area contributed by atoms with Crippen molar-refractivity contribution in [1.82, 2.24) is 29.3 Å². The van der Waals surface area contributed by atoms with Crippen molar-refractivity contribution in [2.45, 2.75) is 38.8 Å². The fourth-order valence-electron chi connectivity index (χ4n) is 5.55. The second-order valence-electron chi connectivity index (χ2n) is 10.6. The van der Waals surface area contributed by atoms with E-state index in [2.05, 4.69) is 25.9 Å². The number of likely N-dealkylation sites (tertiary alicyclic amines) is 2. The average Bonchev–Trinajstić information content (AvgIpc) is 3.37. The lowest BCUT2D eigenvalue weighted by atomic mass is 9.94. The highest BCUT2D eigenvalue weighted by Crippen LogP contribution is 2.31. The third kappa shape index (κ3) is 6.05. The van der Waals surface area contributed by atoms with Crippen molar-refractivity contribution in [3.63, 3.8) is 0 Å². The van der Waals surface area contributed by atoms with Crippen LogP contribution in [0.2, 0.25) is 0 Å². The number of carbonyl (C=O) groups is 1. The van der Waals surface area contributed by atoms with Gasteiger partial charge in [0.05, 0.1) is 25.5 Å². The number of fused-ring (bicyclic) bond motifs is 1. The summed E-state index contributed by atoms with van der Waals surface area (Å²) >= 11 is 0. The third-order valence-electron chi connectivity index (χ3n) is 8.02. The van der Waals surface area contributed by atoms with Gasteiger partial charge in [-0.3, -0.25) is 9.69 Å². The Balaban J connectivity index is 1.12. The van der Waals surface area contributed by atoms with E-state index in [0.29, 0.717) is 65.9 Å². The molecule has 0 bridgehead atoms. The molecule has 0 unspecified atom stereocenters. The van der Waals surface area contributed by atoms with Crippen LogP contribution in [0.3, 0.4) is 0 Å². The quantitative estimate of drug-likeness (QED) is 0.421. The van der Waals surface area contributed by atoms with Crippen LogP contribution in [0.5, 0.6) is 5.75 Å². The second kappa shape index (κ2) is 12.4. The van der Waals surface area contributed by atoms with Crippen molar-refractivity contribution in [2.75, 3.05) is 39.3 Å². The van der Waals surface area contributed by atoms with Crippen molar-refractivity contribution < 1.29 is 13.9 Å². The number of imidazole rings is 1. The van der Waals surface area contributed by atoms with Gasteiger partial charge in [0.15, 0.2) is 5.65 Å². The topological polar surface area (TPSA) is 124 Å². The van der Waals surface area contributed by atoms with Gasteiger partial charge in [0.25, 0.3) is 0 Å². The number of benzene rings is 1. The van der Waals surface area contributed by atoms with E-state index in [9.17, 15) is 14.4 Å². The Kier molecular flexibility index (Phi) is 8.51.